The average molecular weight is 153 g/mol. The second kappa shape index (κ2) is 2.48. The van der Waals surface area contributed by atoms with Gasteiger partial charge in [0.15, 0.2) is 0 Å². The second-order valence-corrected chi connectivity index (χ2v) is 4.44. The molecule has 3 atom stereocenters. The maximum atomic E-state index is 2.72. The first-order chi connectivity index (χ1) is 5.24. The van der Waals surface area contributed by atoms with Gasteiger partial charge in [-0.15, -0.1) is 0 Å². The fraction of sp³-hybridized carbons (Fsp3) is 1.00. The molecule has 1 saturated heterocycles. The molecule has 0 amide bonds. The zero-order valence-electron chi connectivity index (χ0n) is 7.88. The molecule has 1 aliphatic heterocycles. The predicted octanol–water partition coefficient (Wildman–Crippen LogP) is 2.13. The Balaban J connectivity index is 2.01. The highest BCUT2D eigenvalue weighted by atomic mass is 15.2. The second-order valence-electron chi connectivity index (χ2n) is 4.44. The fourth-order valence-corrected chi connectivity index (χ4v) is 2.71. The molecule has 1 heterocycles. The van der Waals surface area contributed by atoms with Gasteiger partial charge in [-0.3, -0.25) is 4.90 Å². The lowest BCUT2D eigenvalue weighted by atomic mass is 10.00. The number of hydrogen-bond donors (Lipinski definition) is 0. The summed E-state index contributed by atoms with van der Waals surface area (Å²) in [5.41, 5.74) is 0. The number of likely N-dealkylation sites (tertiary alicyclic amines) is 1. The largest absolute Gasteiger partial charge is 0.297 e. The lowest BCUT2D eigenvalue weighted by molar-refractivity contribution is 0.184. The molecule has 2 rings (SSSR count). The molecule has 1 aliphatic carbocycles. The molecule has 1 saturated carbocycles. The molecule has 2 unspecified atom stereocenters. The molecular formula is C10H19N. The Kier molecular flexibility index (Phi) is 1.71. The molecule has 0 N–H and O–H groups in total. The first-order valence-corrected chi connectivity index (χ1v) is 4.99. The van der Waals surface area contributed by atoms with E-state index in [1.807, 2.05) is 0 Å². The molecule has 0 spiro atoms. The number of hydrogen-bond acceptors (Lipinski definition) is 1. The van der Waals surface area contributed by atoms with Crippen molar-refractivity contribution in [1.82, 2.24) is 4.90 Å². The van der Waals surface area contributed by atoms with Crippen LogP contribution in [0.5, 0.6) is 0 Å². The molecule has 1 heteroatoms. The van der Waals surface area contributed by atoms with Crippen LogP contribution in [0.25, 0.3) is 0 Å². The molecule has 0 aromatic rings. The molecule has 1 nitrogen and oxygen atoms in total. The van der Waals surface area contributed by atoms with Gasteiger partial charge in [-0.1, -0.05) is 20.8 Å². The minimum Gasteiger partial charge on any atom is -0.297 e. The van der Waals surface area contributed by atoms with Crippen molar-refractivity contribution in [3.05, 3.63) is 0 Å². The zero-order valence-corrected chi connectivity index (χ0v) is 7.88. The smallest absolute Gasteiger partial charge is 0.0131 e. The van der Waals surface area contributed by atoms with Crippen molar-refractivity contribution in [2.45, 2.75) is 45.7 Å². The van der Waals surface area contributed by atoms with Gasteiger partial charge >= 0.3 is 0 Å². The van der Waals surface area contributed by atoms with Crippen LogP contribution >= 0.6 is 0 Å². The Labute approximate surface area is 69.8 Å². The van der Waals surface area contributed by atoms with Gasteiger partial charge < -0.3 is 0 Å². The predicted molar refractivity (Wildman–Crippen MR) is 47.5 cm³/mol. The highest BCUT2D eigenvalue weighted by Gasteiger charge is 2.51. The van der Waals surface area contributed by atoms with E-state index >= 15 is 0 Å². The maximum absolute atomic E-state index is 2.72. The Hall–Kier alpha value is -0.0400. The van der Waals surface area contributed by atoms with E-state index < -0.39 is 0 Å². The van der Waals surface area contributed by atoms with Crippen LogP contribution in [0.3, 0.4) is 0 Å². The summed E-state index contributed by atoms with van der Waals surface area (Å²) in [6.45, 7) is 8.29. The molecular weight excluding hydrogens is 134 g/mol. The van der Waals surface area contributed by atoms with Crippen molar-refractivity contribution in [2.75, 3.05) is 6.54 Å². The molecule has 0 aromatic heterocycles. The van der Waals surface area contributed by atoms with Crippen LogP contribution in [0.1, 0.15) is 33.6 Å². The monoisotopic (exact) mass is 153 g/mol. The van der Waals surface area contributed by atoms with Crippen molar-refractivity contribution in [2.24, 2.45) is 11.8 Å². The van der Waals surface area contributed by atoms with Crippen molar-refractivity contribution in [1.29, 1.82) is 0 Å². The van der Waals surface area contributed by atoms with E-state index in [4.69, 9.17) is 0 Å². The average Bonchev–Trinajstić information content (AvgIpc) is 2.63. The number of piperidine rings is 1. The lowest BCUT2D eigenvalue weighted by Gasteiger charge is -2.28. The molecule has 2 aliphatic rings. The van der Waals surface area contributed by atoms with E-state index in [-0.39, 0.29) is 0 Å². The number of rotatable bonds is 2. The van der Waals surface area contributed by atoms with Gasteiger partial charge in [0.25, 0.3) is 0 Å². The Morgan fingerprint density at radius 3 is 2.55 bits per heavy atom. The van der Waals surface area contributed by atoms with Gasteiger partial charge in [-0.05, 0) is 31.2 Å². The first kappa shape index (κ1) is 7.60. The minimum atomic E-state index is 0.864. The standard InChI is InChI=1S/C10H19N/c1-4-11-9(7(2)3)5-8-6-10(8)11/h7-10H,4-6H2,1-3H3/t8?,9-,10?/m0/s1. The first-order valence-electron chi connectivity index (χ1n) is 4.99. The van der Waals surface area contributed by atoms with Crippen LogP contribution in [-0.4, -0.2) is 23.5 Å². The third-order valence-corrected chi connectivity index (χ3v) is 3.42. The summed E-state index contributed by atoms with van der Waals surface area (Å²) in [7, 11) is 0. The maximum Gasteiger partial charge on any atom is 0.0131 e. The summed E-state index contributed by atoms with van der Waals surface area (Å²) in [6, 6.07) is 1.90. The van der Waals surface area contributed by atoms with Gasteiger partial charge in [0.2, 0.25) is 0 Å². The number of nitrogens with zero attached hydrogens (tertiary/aromatic N) is 1. The van der Waals surface area contributed by atoms with Crippen LogP contribution in [0, 0.1) is 11.8 Å². The van der Waals surface area contributed by atoms with Crippen LogP contribution in [-0.2, 0) is 0 Å². The van der Waals surface area contributed by atoms with E-state index in [0.717, 1.165) is 23.9 Å². The summed E-state index contributed by atoms with van der Waals surface area (Å²) in [6.07, 6.45) is 2.98. The van der Waals surface area contributed by atoms with Crippen molar-refractivity contribution in [3.8, 4) is 0 Å². The van der Waals surface area contributed by atoms with E-state index in [1.165, 1.54) is 19.4 Å². The quantitative estimate of drug-likeness (QED) is 0.587. The van der Waals surface area contributed by atoms with Gasteiger partial charge in [0.05, 0.1) is 0 Å². The van der Waals surface area contributed by atoms with E-state index in [1.54, 1.807) is 0 Å². The van der Waals surface area contributed by atoms with Crippen LogP contribution in [0.2, 0.25) is 0 Å². The van der Waals surface area contributed by atoms with Crippen molar-refractivity contribution < 1.29 is 0 Å². The van der Waals surface area contributed by atoms with Gasteiger partial charge in [-0.2, -0.15) is 0 Å². The van der Waals surface area contributed by atoms with Gasteiger partial charge in [-0.25, -0.2) is 0 Å². The highest BCUT2D eigenvalue weighted by molar-refractivity contribution is 5.05. The van der Waals surface area contributed by atoms with Gasteiger partial charge in [0, 0.05) is 12.1 Å². The Morgan fingerprint density at radius 2 is 2.09 bits per heavy atom. The highest BCUT2D eigenvalue weighted by Crippen LogP contribution is 2.49. The third-order valence-electron chi connectivity index (χ3n) is 3.42. The Bertz CT molecular complexity index is 153. The Morgan fingerprint density at radius 1 is 1.36 bits per heavy atom. The lowest BCUT2D eigenvalue weighted by Crippen LogP contribution is -2.36. The summed E-state index contributed by atoms with van der Waals surface area (Å²) in [5, 5.41) is 0. The molecule has 11 heavy (non-hydrogen) atoms. The van der Waals surface area contributed by atoms with E-state index in [9.17, 15) is 0 Å². The summed E-state index contributed by atoms with van der Waals surface area (Å²) in [4.78, 5) is 2.72. The molecule has 0 bridgehead atoms. The molecule has 0 aromatic carbocycles. The van der Waals surface area contributed by atoms with Gasteiger partial charge in [0.1, 0.15) is 0 Å². The van der Waals surface area contributed by atoms with Crippen LogP contribution in [0.15, 0.2) is 0 Å². The SMILES string of the molecule is CCN1C2CC2C[C@H]1C(C)C. The summed E-state index contributed by atoms with van der Waals surface area (Å²) >= 11 is 0. The molecule has 0 radical (unpaired) electrons. The molecule has 64 valence electrons. The van der Waals surface area contributed by atoms with E-state index in [0.29, 0.717) is 0 Å². The fourth-order valence-electron chi connectivity index (χ4n) is 2.71. The zero-order chi connectivity index (χ0) is 8.01. The van der Waals surface area contributed by atoms with Crippen molar-refractivity contribution >= 4 is 0 Å². The summed E-state index contributed by atoms with van der Waals surface area (Å²) in [5.74, 6) is 1.95. The normalized spacial score (nSPS) is 43.1. The van der Waals surface area contributed by atoms with Crippen LogP contribution < -0.4 is 0 Å². The third kappa shape index (κ3) is 1.10. The minimum absolute atomic E-state index is 0.864. The van der Waals surface area contributed by atoms with Crippen LogP contribution in [0.4, 0.5) is 0 Å². The van der Waals surface area contributed by atoms with E-state index in [2.05, 4.69) is 25.7 Å². The summed E-state index contributed by atoms with van der Waals surface area (Å²) < 4.78 is 0. The number of fused-ring (bicyclic) bond motifs is 1. The topological polar surface area (TPSA) is 3.24 Å². The van der Waals surface area contributed by atoms with Crippen molar-refractivity contribution in [3.63, 3.8) is 0 Å². The molecule has 2 fully saturated rings.